The average molecular weight is 1430 g/mol. The molecule has 0 saturated carbocycles. The van der Waals surface area contributed by atoms with Crippen LogP contribution >= 0.6 is 22.7 Å². The van der Waals surface area contributed by atoms with Gasteiger partial charge in [0, 0.05) is 106 Å². The van der Waals surface area contributed by atoms with Gasteiger partial charge in [-0.3, -0.25) is 0 Å². The molecule has 0 unspecified atom stereocenters. The van der Waals surface area contributed by atoms with E-state index in [4.69, 9.17) is 0 Å². The Morgan fingerprint density at radius 3 is 0.818 bits per heavy atom. The first-order valence-corrected chi connectivity index (χ1v) is 39.3. The van der Waals surface area contributed by atoms with Crippen LogP contribution in [0.5, 0.6) is 0 Å². The maximum Gasteiger partial charge on any atom is 0.0541 e. The van der Waals surface area contributed by atoms with Crippen LogP contribution in [0.1, 0.15) is 0 Å². The second kappa shape index (κ2) is 24.9. The van der Waals surface area contributed by atoms with Gasteiger partial charge in [0.15, 0.2) is 0 Å². The first kappa shape index (κ1) is 62.3. The van der Waals surface area contributed by atoms with Crippen molar-refractivity contribution in [1.82, 2.24) is 18.3 Å². The Bertz CT molecular complexity index is 7930. The predicted octanol–water partition coefficient (Wildman–Crippen LogP) is 29.5. The molecule has 0 N–H and O–H groups in total. The van der Waals surface area contributed by atoms with Crippen molar-refractivity contribution in [1.29, 1.82) is 0 Å². The highest BCUT2D eigenvalue weighted by Gasteiger charge is 2.21. The number of fused-ring (bicyclic) bond motifs is 20. The molecule has 24 rings (SSSR count). The molecule has 18 aromatic carbocycles. The van der Waals surface area contributed by atoms with Gasteiger partial charge in [-0.2, -0.15) is 0 Å². The van der Waals surface area contributed by atoms with E-state index >= 15 is 0 Å². The highest BCUT2D eigenvalue weighted by atomic mass is 32.1. The average Bonchev–Trinajstić information content (AvgIpc) is 1.58. The van der Waals surface area contributed by atoms with E-state index in [2.05, 4.69) is 407 Å². The predicted molar refractivity (Wildman–Crippen MR) is 473 cm³/mol. The van der Waals surface area contributed by atoms with Crippen molar-refractivity contribution in [2.24, 2.45) is 0 Å². The number of nitrogens with zero attached hydrogens (tertiary/aromatic N) is 4. The highest BCUT2D eigenvalue weighted by Crippen LogP contribution is 2.45. The molecule has 512 valence electrons. The van der Waals surface area contributed by atoms with Crippen molar-refractivity contribution >= 4 is 172 Å². The molecule has 0 aliphatic rings. The molecule has 0 atom stereocenters. The zero-order valence-corrected chi connectivity index (χ0v) is 61.2. The number of hydrogen-bond donors (Lipinski definition) is 0. The molecular formula is C104H64N4S2. The van der Waals surface area contributed by atoms with Gasteiger partial charge in [-0.05, 0) is 224 Å². The molecular weight excluding hydrogens is 1370 g/mol. The van der Waals surface area contributed by atoms with Gasteiger partial charge >= 0.3 is 0 Å². The molecule has 0 spiro atoms. The number of benzene rings is 18. The van der Waals surface area contributed by atoms with Gasteiger partial charge < -0.3 is 18.3 Å². The number of aromatic nitrogens is 4. The Labute approximate surface area is 640 Å². The first-order valence-electron chi connectivity index (χ1n) is 37.7. The summed E-state index contributed by atoms with van der Waals surface area (Å²) in [5.74, 6) is 0. The van der Waals surface area contributed by atoms with Gasteiger partial charge in [-0.15, -0.1) is 22.7 Å². The molecule has 0 aliphatic heterocycles. The van der Waals surface area contributed by atoms with E-state index in [9.17, 15) is 0 Å². The van der Waals surface area contributed by atoms with Crippen LogP contribution in [-0.4, -0.2) is 18.3 Å². The topological polar surface area (TPSA) is 19.7 Å². The van der Waals surface area contributed by atoms with E-state index in [1.807, 2.05) is 22.7 Å². The fourth-order valence-electron chi connectivity index (χ4n) is 17.8. The monoisotopic (exact) mass is 1430 g/mol. The van der Waals surface area contributed by atoms with Crippen LogP contribution < -0.4 is 0 Å². The number of para-hydroxylation sites is 4. The smallest absolute Gasteiger partial charge is 0.0541 e. The lowest BCUT2D eigenvalue weighted by atomic mass is 10.0. The van der Waals surface area contributed by atoms with Crippen LogP contribution in [0.4, 0.5) is 0 Å². The maximum atomic E-state index is 2.43. The fraction of sp³-hybridized carbons (Fsp3) is 0. The molecule has 6 heterocycles. The molecule has 0 saturated heterocycles. The highest BCUT2D eigenvalue weighted by molar-refractivity contribution is 7.26. The Morgan fingerprint density at radius 1 is 0.136 bits per heavy atom. The Hall–Kier alpha value is -13.9. The summed E-state index contributed by atoms with van der Waals surface area (Å²) >= 11 is 3.73. The summed E-state index contributed by atoms with van der Waals surface area (Å²) in [6.07, 6.45) is 0. The van der Waals surface area contributed by atoms with Crippen LogP contribution in [0.3, 0.4) is 0 Å². The van der Waals surface area contributed by atoms with Gasteiger partial charge in [0.05, 0.1) is 44.1 Å². The minimum Gasteiger partial charge on any atom is -0.309 e. The number of rotatable bonds is 8. The third-order valence-electron chi connectivity index (χ3n) is 23.0. The molecule has 24 aromatic rings. The summed E-state index contributed by atoms with van der Waals surface area (Å²) in [4.78, 5) is 0. The molecule has 110 heavy (non-hydrogen) atoms. The van der Waals surface area contributed by atoms with E-state index in [-0.39, 0.29) is 0 Å². The number of hydrogen-bond acceptors (Lipinski definition) is 2. The Morgan fingerprint density at radius 2 is 0.409 bits per heavy atom. The third-order valence-corrected chi connectivity index (χ3v) is 25.3. The lowest BCUT2D eigenvalue weighted by Gasteiger charge is -2.11. The van der Waals surface area contributed by atoms with Gasteiger partial charge in [0.2, 0.25) is 0 Å². The maximum absolute atomic E-state index is 2.43. The lowest BCUT2D eigenvalue weighted by Crippen LogP contribution is -1.94. The normalized spacial score (nSPS) is 12.0. The second-order valence-electron chi connectivity index (χ2n) is 29.1. The van der Waals surface area contributed by atoms with Crippen LogP contribution in [0, 0.1) is 0 Å². The van der Waals surface area contributed by atoms with Gasteiger partial charge in [0.1, 0.15) is 0 Å². The minimum absolute atomic E-state index is 1.16. The molecule has 0 bridgehead atoms. The summed E-state index contributed by atoms with van der Waals surface area (Å²) in [5.41, 5.74) is 24.1. The summed E-state index contributed by atoms with van der Waals surface area (Å²) in [5, 5.41) is 20.4. The molecule has 6 aromatic heterocycles. The van der Waals surface area contributed by atoms with Crippen molar-refractivity contribution in [3.05, 3.63) is 388 Å². The molecule has 0 radical (unpaired) electrons. The Balaban J connectivity index is 0.000000132. The first-order chi connectivity index (χ1) is 54.5. The van der Waals surface area contributed by atoms with Crippen molar-refractivity contribution in [2.75, 3.05) is 0 Å². The standard InChI is InChI=1S/2C52H32N2S/c1-2-11-34-28-40(24-20-33(34)10-1)54-48-18-7-4-15-42(48)45-31-37(22-26-50(45)54)36-21-25-49-44(30-36)41-14-3-6-17-47(41)53(49)39-13-9-12-35(29-39)38-23-27-52-46(32-38)43-16-5-8-19-51(43)55-52;1-2-10-35-29-40(25-19-33(35)9-1)54-48-15-7-4-12-42(48)45-31-38(21-27-50(45)54)37-20-26-49-44(30-37)41-11-3-6-14-47(41)53(49)39-23-17-34(18-24-39)36-22-28-52-46(32-36)43-13-5-8-16-51(43)55-52/h2*1-32H. The van der Waals surface area contributed by atoms with E-state index in [0.29, 0.717) is 0 Å². The van der Waals surface area contributed by atoms with Gasteiger partial charge in [-0.1, -0.05) is 231 Å². The van der Waals surface area contributed by atoms with Crippen molar-refractivity contribution < 1.29 is 0 Å². The summed E-state index contributed by atoms with van der Waals surface area (Å²) < 4.78 is 15.0. The molecule has 6 heteroatoms. The summed E-state index contributed by atoms with van der Waals surface area (Å²) in [6.45, 7) is 0. The van der Waals surface area contributed by atoms with Crippen LogP contribution in [0.2, 0.25) is 0 Å². The van der Waals surface area contributed by atoms with Crippen LogP contribution in [-0.2, 0) is 0 Å². The quantitative estimate of drug-likeness (QED) is 0.144. The Kier molecular flexibility index (Phi) is 14.1. The SMILES string of the molecule is c1cc(-c2ccc3sc4ccccc4c3c2)cc(-n2c3ccccc3c3cc(-c4ccc5c(c4)c4ccccc4n5-c4ccc5ccccc5c4)ccc32)c1.c1ccc2cc(-n3c4ccccc4c4cc(-c5ccc6c(c5)c5ccccc5n6-c5ccc(-c6ccc7sc8ccccc8c7c6)cc5)ccc43)ccc2c1. The number of thiophene rings is 2. The fourth-order valence-corrected chi connectivity index (χ4v) is 20.0. The lowest BCUT2D eigenvalue weighted by molar-refractivity contribution is 1.18. The van der Waals surface area contributed by atoms with Gasteiger partial charge in [-0.25, -0.2) is 0 Å². The molecule has 0 fully saturated rings. The largest absolute Gasteiger partial charge is 0.309 e. The second-order valence-corrected chi connectivity index (χ2v) is 31.3. The van der Waals surface area contributed by atoms with E-state index in [1.165, 1.54) is 205 Å². The zero-order valence-electron chi connectivity index (χ0n) is 59.6. The van der Waals surface area contributed by atoms with Crippen molar-refractivity contribution in [3.63, 3.8) is 0 Å². The summed E-state index contributed by atoms with van der Waals surface area (Å²) in [7, 11) is 0. The summed E-state index contributed by atoms with van der Waals surface area (Å²) in [6, 6.07) is 143. The molecule has 0 aliphatic carbocycles. The van der Waals surface area contributed by atoms with Crippen LogP contribution in [0.15, 0.2) is 388 Å². The minimum atomic E-state index is 1.16. The van der Waals surface area contributed by atoms with Gasteiger partial charge in [0.25, 0.3) is 0 Å². The van der Waals surface area contributed by atoms with E-state index in [1.54, 1.807) is 0 Å². The molecule has 4 nitrogen and oxygen atoms in total. The van der Waals surface area contributed by atoms with E-state index in [0.717, 1.165) is 11.4 Å². The van der Waals surface area contributed by atoms with Crippen molar-refractivity contribution in [3.8, 4) is 67.3 Å². The third kappa shape index (κ3) is 9.97. The zero-order chi connectivity index (χ0) is 72.1. The van der Waals surface area contributed by atoms with E-state index < -0.39 is 0 Å². The molecule has 0 amide bonds. The van der Waals surface area contributed by atoms with Crippen molar-refractivity contribution in [2.45, 2.75) is 0 Å². The van der Waals surface area contributed by atoms with Crippen LogP contribution in [0.25, 0.3) is 216 Å².